The lowest BCUT2D eigenvalue weighted by Gasteiger charge is -2.35. The minimum atomic E-state index is -1.28. The van der Waals surface area contributed by atoms with Gasteiger partial charge in [0, 0.05) is 17.6 Å². The monoisotopic (exact) mass is 514 g/mol. The predicted molar refractivity (Wildman–Crippen MR) is 144 cm³/mol. The van der Waals surface area contributed by atoms with Gasteiger partial charge in [-0.05, 0) is 56.7 Å². The third-order valence-corrected chi connectivity index (χ3v) is 7.46. The highest BCUT2D eigenvalue weighted by molar-refractivity contribution is 6.32. The number of terminal acetylenes is 1. The molecule has 2 rings (SSSR count). The SMILES string of the molecule is C#CCC1C(=O)C(C)(C)C(O)CC(=O)NC(C(Cl)=Cc2ccccn2)C/C=C(\C)CCCC(C)C1O. The molecular weight excluding hydrogens is 476 g/mol. The Hall–Kier alpha value is -2.46. The summed E-state index contributed by atoms with van der Waals surface area (Å²) in [7, 11) is 0. The van der Waals surface area contributed by atoms with E-state index in [-0.39, 0.29) is 24.5 Å². The second-order valence-corrected chi connectivity index (χ2v) is 10.8. The van der Waals surface area contributed by atoms with E-state index in [9.17, 15) is 19.8 Å². The number of aliphatic hydroxyl groups excluding tert-OH is 2. The molecule has 0 spiro atoms. The standard InChI is InChI=1S/C29H39ClN2O4/c1-6-10-22-27(35)20(3)12-9-11-19(2)14-15-24(23(30)17-21-13-7-8-16-31-21)32-26(34)18-25(33)29(4,5)28(22)36/h1,7-8,13-14,16-17,20,22,24-25,27,33,35H,9-12,15,18H2,2-5H3,(H,32,34)/b19-14+,23-17?. The zero-order valence-electron chi connectivity index (χ0n) is 21.7. The number of Topliss-reactive ketones (excluding diaryl/α,β-unsaturated/α-hetero) is 1. The van der Waals surface area contributed by atoms with Crippen LogP contribution in [0.15, 0.2) is 41.1 Å². The van der Waals surface area contributed by atoms with E-state index in [1.54, 1.807) is 26.1 Å². The molecular formula is C29H39ClN2O4. The van der Waals surface area contributed by atoms with Gasteiger partial charge in [0.25, 0.3) is 0 Å². The number of carbonyl (C=O) groups excluding carboxylic acids is 2. The number of ketones is 1. The van der Waals surface area contributed by atoms with E-state index in [4.69, 9.17) is 18.0 Å². The lowest BCUT2D eigenvalue weighted by Crippen LogP contribution is -2.47. The molecule has 0 bridgehead atoms. The Morgan fingerprint density at radius 3 is 2.69 bits per heavy atom. The van der Waals surface area contributed by atoms with Crippen molar-refractivity contribution in [2.45, 2.75) is 84.5 Å². The highest BCUT2D eigenvalue weighted by atomic mass is 35.5. The van der Waals surface area contributed by atoms with Gasteiger partial charge in [-0.15, -0.1) is 12.3 Å². The molecule has 36 heavy (non-hydrogen) atoms. The van der Waals surface area contributed by atoms with Gasteiger partial charge in [0.05, 0.1) is 41.7 Å². The number of aromatic nitrogens is 1. The van der Waals surface area contributed by atoms with Crippen LogP contribution >= 0.6 is 11.6 Å². The number of carbonyl (C=O) groups is 2. The largest absolute Gasteiger partial charge is 0.392 e. The zero-order chi connectivity index (χ0) is 26.9. The van der Waals surface area contributed by atoms with Crippen molar-refractivity contribution in [2.24, 2.45) is 17.3 Å². The average molecular weight is 515 g/mol. The lowest BCUT2D eigenvalue weighted by molar-refractivity contribution is -0.143. The maximum Gasteiger partial charge on any atom is 0.223 e. The molecule has 1 aliphatic heterocycles. The smallest absolute Gasteiger partial charge is 0.223 e. The van der Waals surface area contributed by atoms with Gasteiger partial charge >= 0.3 is 0 Å². The number of nitrogens with one attached hydrogen (secondary N) is 1. The van der Waals surface area contributed by atoms with Crippen LogP contribution in [0, 0.1) is 29.6 Å². The highest BCUT2D eigenvalue weighted by Crippen LogP contribution is 2.33. The van der Waals surface area contributed by atoms with E-state index in [0.29, 0.717) is 17.1 Å². The predicted octanol–water partition coefficient (Wildman–Crippen LogP) is 4.65. The van der Waals surface area contributed by atoms with Gasteiger partial charge in [0.1, 0.15) is 5.78 Å². The third-order valence-electron chi connectivity index (χ3n) is 7.09. The molecule has 0 saturated carbocycles. The van der Waals surface area contributed by atoms with Gasteiger partial charge in [0.2, 0.25) is 5.91 Å². The van der Waals surface area contributed by atoms with Gasteiger partial charge in [-0.2, -0.15) is 0 Å². The van der Waals surface area contributed by atoms with E-state index >= 15 is 0 Å². The molecule has 1 aromatic heterocycles. The number of hydrogen-bond donors (Lipinski definition) is 3. The van der Waals surface area contributed by atoms with Crippen LogP contribution in [0.2, 0.25) is 0 Å². The quantitative estimate of drug-likeness (QED) is 0.403. The molecule has 5 atom stereocenters. The minimum absolute atomic E-state index is 0.0710. The number of nitrogens with zero attached hydrogens (tertiary/aromatic N) is 1. The van der Waals surface area contributed by atoms with Crippen molar-refractivity contribution in [1.82, 2.24) is 10.3 Å². The molecule has 0 fully saturated rings. The molecule has 1 aliphatic rings. The molecule has 5 unspecified atom stereocenters. The second kappa shape index (κ2) is 13.7. The Bertz CT molecular complexity index is 996. The van der Waals surface area contributed by atoms with Gasteiger partial charge in [-0.1, -0.05) is 50.1 Å². The molecule has 6 nitrogen and oxygen atoms in total. The summed E-state index contributed by atoms with van der Waals surface area (Å²) in [5.74, 6) is 0.773. The van der Waals surface area contributed by atoms with Crippen LogP contribution < -0.4 is 5.32 Å². The van der Waals surface area contributed by atoms with E-state index in [1.807, 2.05) is 32.0 Å². The topological polar surface area (TPSA) is 99.5 Å². The number of rotatable bonds is 3. The first-order valence-corrected chi connectivity index (χ1v) is 12.9. The fourth-order valence-electron chi connectivity index (χ4n) is 4.46. The van der Waals surface area contributed by atoms with Crippen LogP contribution in [0.1, 0.15) is 71.9 Å². The summed E-state index contributed by atoms with van der Waals surface area (Å²) in [6.45, 7) is 7.12. The summed E-state index contributed by atoms with van der Waals surface area (Å²) in [4.78, 5) is 30.7. The normalized spacial score (nSPS) is 30.6. The first-order chi connectivity index (χ1) is 17.0. The molecule has 0 aliphatic carbocycles. The number of aliphatic hydroxyl groups is 2. The van der Waals surface area contributed by atoms with E-state index < -0.39 is 35.5 Å². The van der Waals surface area contributed by atoms with Crippen LogP contribution in [0.25, 0.3) is 6.08 Å². The van der Waals surface area contributed by atoms with Crippen LogP contribution in [-0.2, 0) is 9.59 Å². The van der Waals surface area contributed by atoms with Gasteiger partial charge in [0.15, 0.2) is 0 Å². The van der Waals surface area contributed by atoms with Crippen molar-refractivity contribution >= 4 is 29.4 Å². The number of halogens is 1. The van der Waals surface area contributed by atoms with Crippen molar-refractivity contribution in [3.63, 3.8) is 0 Å². The van der Waals surface area contributed by atoms with Crippen LogP contribution in [0.5, 0.6) is 0 Å². The van der Waals surface area contributed by atoms with Gasteiger partial charge in [-0.3, -0.25) is 14.6 Å². The third kappa shape index (κ3) is 8.30. The van der Waals surface area contributed by atoms with Crippen molar-refractivity contribution in [3.8, 4) is 12.3 Å². The molecule has 7 heteroatoms. The molecule has 1 amide bonds. The summed E-state index contributed by atoms with van der Waals surface area (Å²) in [5, 5.41) is 25.3. The van der Waals surface area contributed by atoms with Crippen LogP contribution in [0.4, 0.5) is 0 Å². The molecule has 196 valence electrons. The Kier molecular flexibility index (Phi) is 11.4. The van der Waals surface area contributed by atoms with E-state index in [0.717, 1.165) is 24.8 Å². The fraction of sp³-hybridized carbons (Fsp3) is 0.552. The first kappa shape index (κ1) is 29.8. The highest BCUT2D eigenvalue weighted by Gasteiger charge is 2.43. The Labute approximate surface area is 220 Å². The Morgan fingerprint density at radius 1 is 1.33 bits per heavy atom. The van der Waals surface area contributed by atoms with Crippen molar-refractivity contribution in [2.75, 3.05) is 0 Å². The van der Waals surface area contributed by atoms with Crippen molar-refractivity contribution in [3.05, 3.63) is 46.8 Å². The Balaban J connectivity index is 2.38. The number of hydrogen-bond acceptors (Lipinski definition) is 5. The number of pyridine rings is 1. The summed E-state index contributed by atoms with van der Waals surface area (Å²) in [6, 6.07) is 4.97. The first-order valence-electron chi connectivity index (χ1n) is 12.5. The van der Waals surface area contributed by atoms with Gasteiger partial charge in [-0.25, -0.2) is 0 Å². The molecule has 0 saturated heterocycles. The second-order valence-electron chi connectivity index (χ2n) is 10.4. The average Bonchev–Trinajstić information content (AvgIpc) is 2.84. The fourth-order valence-corrected chi connectivity index (χ4v) is 4.71. The Morgan fingerprint density at radius 2 is 2.06 bits per heavy atom. The van der Waals surface area contributed by atoms with Crippen molar-refractivity contribution in [1.29, 1.82) is 0 Å². The summed E-state index contributed by atoms with van der Waals surface area (Å²) < 4.78 is 0. The summed E-state index contributed by atoms with van der Waals surface area (Å²) in [6.07, 6.45) is 11.4. The molecule has 3 N–H and O–H groups in total. The summed E-state index contributed by atoms with van der Waals surface area (Å²) >= 11 is 6.62. The van der Waals surface area contributed by atoms with Crippen LogP contribution in [-0.4, -0.2) is 45.1 Å². The van der Waals surface area contributed by atoms with E-state index in [1.165, 1.54) is 0 Å². The maximum atomic E-state index is 13.5. The lowest BCUT2D eigenvalue weighted by atomic mass is 9.71. The van der Waals surface area contributed by atoms with Crippen LogP contribution in [0.3, 0.4) is 0 Å². The molecule has 0 aromatic carbocycles. The molecule has 0 radical (unpaired) electrons. The molecule has 1 aromatic rings. The van der Waals surface area contributed by atoms with E-state index in [2.05, 4.69) is 22.3 Å². The summed E-state index contributed by atoms with van der Waals surface area (Å²) in [5.41, 5.74) is 0.530. The maximum absolute atomic E-state index is 13.5. The molecule has 2 heterocycles. The number of amides is 1. The number of allylic oxidation sites excluding steroid dienone is 1. The van der Waals surface area contributed by atoms with Gasteiger partial charge < -0.3 is 15.5 Å². The van der Waals surface area contributed by atoms with Crippen molar-refractivity contribution < 1.29 is 19.8 Å². The zero-order valence-corrected chi connectivity index (χ0v) is 22.5. The minimum Gasteiger partial charge on any atom is -0.392 e.